The molecule has 0 radical (unpaired) electrons. The summed E-state index contributed by atoms with van der Waals surface area (Å²) >= 11 is 1.33. The van der Waals surface area contributed by atoms with E-state index in [1.165, 1.54) is 11.3 Å². The van der Waals surface area contributed by atoms with E-state index >= 15 is 0 Å². The zero-order chi connectivity index (χ0) is 8.81. The largest absolute Gasteiger partial charge is 0.391 e. The first-order chi connectivity index (χ1) is 5.86. The van der Waals surface area contributed by atoms with Crippen LogP contribution < -0.4 is 0 Å². The maximum absolute atomic E-state index is 9.90. The Labute approximate surface area is 74.1 Å². The molecule has 0 aliphatic heterocycles. The van der Waals surface area contributed by atoms with Crippen molar-refractivity contribution >= 4 is 17.6 Å². The number of carbonyl (C=O) groups is 1. The van der Waals surface area contributed by atoms with Crippen molar-refractivity contribution in [1.82, 2.24) is 4.98 Å². The molecule has 0 unspecified atom stereocenters. The molecule has 0 amide bonds. The summed E-state index contributed by atoms with van der Waals surface area (Å²) in [5.41, 5.74) is 0. The first kappa shape index (κ1) is 8.91. The van der Waals surface area contributed by atoms with Crippen LogP contribution in [0.15, 0.2) is 6.20 Å². The molecule has 0 saturated carbocycles. The average molecular weight is 181 g/mol. The van der Waals surface area contributed by atoms with Gasteiger partial charge in [0.25, 0.3) is 0 Å². The highest BCUT2D eigenvalue weighted by molar-refractivity contribution is 7.12. The number of thiazole rings is 1. The topological polar surface area (TPSA) is 50.2 Å². The Bertz CT molecular complexity index is 321. The van der Waals surface area contributed by atoms with Crippen molar-refractivity contribution in [1.29, 1.82) is 0 Å². The number of carbonyl (C=O) groups excluding carboxylic acids is 1. The summed E-state index contributed by atoms with van der Waals surface area (Å²) in [6.07, 6.45) is 2.55. The van der Waals surface area contributed by atoms with Crippen LogP contribution in [-0.4, -0.2) is 16.4 Å². The second kappa shape index (κ2) is 4.65. The van der Waals surface area contributed by atoms with Crippen LogP contribution in [0.3, 0.4) is 0 Å². The van der Waals surface area contributed by atoms with Gasteiger partial charge in [0, 0.05) is 6.20 Å². The second-order valence-corrected chi connectivity index (χ2v) is 3.08. The van der Waals surface area contributed by atoms with Crippen LogP contribution in [-0.2, 0) is 11.4 Å². The number of rotatable bonds is 2. The van der Waals surface area contributed by atoms with E-state index in [1.807, 2.05) is 0 Å². The summed E-state index contributed by atoms with van der Waals surface area (Å²) in [6.45, 7) is -0.00692. The molecule has 62 valence electrons. The van der Waals surface area contributed by atoms with Crippen LogP contribution in [0, 0.1) is 11.8 Å². The second-order valence-electron chi connectivity index (χ2n) is 1.96. The Morgan fingerprint density at radius 2 is 2.58 bits per heavy atom. The Kier molecular flexibility index (Phi) is 3.45. The van der Waals surface area contributed by atoms with Crippen molar-refractivity contribution in [3.05, 3.63) is 16.1 Å². The first-order valence-electron chi connectivity index (χ1n) is 3.35. The van der Waals surface area contributed by atoms with Crippen molar-refractivity contribution in [3.8, 4) is 11.8 Å². The van der Waals surface area contributed by atoms with Gasteiger partial charge in [-0.2, -0.15) is 0 Å². The lowest BCUT2D eigenvalue weighted by Gasteiger charge is -1.78. The predicted octanol–water partition coefficient (Wildman–Crippen LogP) is 0.576. The molecule has 0 fully saturated rings. The Balaban J connectivity index is 2.65. The van der Waals surface area contributed by atoms with E-state index in [-0.39, 0.29) is 13.0 Å². The van der Waals surface area contributed by atoms with E-state index < -0.39 is 0 Å². The lowest BCUT2D eigenvalue weighted by molar-refractivity contribution is -0.107. The minimum absolute atomic E-state index is 0.00692. The Hall–Kier alpha value is -1.18. The van der Waals surface area contributed by atoms with E-state index in [4.69, 9.17) is 5.11 Å². The molecule has 0 aliphatic carbocycles. The molecule has 0 aliphatic rings. The number of aliphatic hydroxyl groups is 1. The third kappa shape index (κ3) is 2.46. The lowest BCUT2D eigenvalue weighted by Crippen LogP contribution is -1.70. The summed E-state index contributed by atoms with van der Waals surface area (Å²) in [7, 11) is 0. The normalized spacial score (nSPS) is 8.75. The molecule has 0 aromatic carbocycles. The van der Waals surface area contributed by atoms with Gasteiger partial charge >= 0.3 is 0 Å². The van der Waals surface area contributed by atoms with Gasteiger partial charge in [-0.3, -0.25) is 0 Å². The molecule has 3 nitrogen and oxygen atoms in total. The maximum Gasteiger partial charge on any atom is 0.167 e. The van der Waals surface area contributed by atoms with Crippen molar-refractivity contribution in [3.63, 3.8) is 0 Å². The molecule has 0 bridgehead atoms. The summed E-state index contributed by atoms with van der Waals surface area (Å²) in [6, 6.07) is 0. The average Bonchev–Trinajstić information content (AvgIpc) is 2.53. The van der Waals surface area contributed by atoms with Gasteiger partial charge in [-0.05, 0) is 5.92 Å². The number of hydrogen-bond donors (Lipinski definition) is 1. The molecule has 1 N–H and O–H groups in total. The molecular weight excluding hydrogens is 174 g/mol. The molecule has 1 aromatic rings. The fraction of sp³-hybridized carbons (Fsp3) is 0.250. The monoisotopic (exact) mass is 181 g/mol. The van der Waals surface area contributed by atoms with Crippen molar-refractivity contribution < 1.29 is 9.90 Å². The van der Waals surface area contributed by atoms with Crippen molar-refractivity contribution in [2.24, 2.45) is 0 Å². The van der Waals surface area contributed by atoms with Gasteiger partial charge in [0.15, 0.2) is 5.01 Å². The third-order valence-corrected chi connectivity index (χ3v) is 1.99. The molecule has 0 spiro atoms. The molecule has 1 rings (SSSR count). The molecule has 0 saturated heterocycles. The minimum Gasteiger partial charge on any atom is -0.391 e. The van der Waals surface area contributed by atoms with Gasteiger partial charge in [-0.15, -0.1) is 11.3 Å². The lowest BCUT2D eigenvalue weighted by atomic mass is 10.5. The highest BCUT2D eigenvalue weighted by Gasteiger charge is 1.95. The number of hydrogen-bond acceptors (Lipinski definition) is 4. The minimum atomic E-state index is -0.00692. The van der Waals surface area contributed by atoms with Crippen molar-refractivity contribution in [2.45, 2.75) is 13.0 Å². The molecule has 1 heterocycles. The molecule has 4 heteroatoms. The Morgan fingerprint density at radius 1 is 1.75 bits per heavy atom. The Morgan fingerprint density at radius 3 is 3.17 bits per heavy atom. The standard InChI is InChI=1S/C8H7NO2S/c10-4-2-1-3-8-9-5-7(6-11)12-8/h4-5,11H,2,6H2. The van der Waals surface area contributed by atoms with Gasteiger partial charge in [0.2, 0.25) is 0 Å². The van der Waals surface area contributed by atoms with E-state index in [9.17, 15) is 4.79 Å². The van der Waals surface area contributed by atoms with E-state index in [2.05, 4.69) is 16.8 Å². The summed E-state index contributed by atoms with van der Waals surface area (Å²) in [4.78, 5) is 14.6. The van der Waals surface area contributed by atoms with Gasteiger partial charge in [-0.25, -0.2) is 4.98 Å². The predicted molar refractivity (Wildman–Crippen MR) is 45.6 cm³/mol. The smallest absolute Gasteiger partial charge is 0.167 e. The number of aldehydes is 1. The summed E-state index contributed by atoms with van der Waals surface area (Å²) in [5, 5.41) is 9.33. The van der Waals surface area contributed by atoms with Crippen LogP contribution in [0.25, 0.3) is 0 Å². The SMILES string of the molecule is O=CCC#Cc1ncc(CO)s1. The number of nitrogens with zero attached hydrogens (tertiary/aromatic N) is 1. The first-order valence-corrected chi connectivity index (χ1v) is 4.16. The van der Waals surface area contributed by atoms with Crippen molar-refractivity contribution in [2.75, 3.05) is 0 Å². The number of aliphatic hydroxyl groups excluding tert-OH is 1. The molecule has 12 heavy (non-hydrogen) atoms. The maximum atomic E-state index is 9.90. The van der Waals surface area contributed by atoms with Gasteiger partial charge < -0.3 is 9.90 Å². The highest BCUT2D eigenvalue weighted by Crippen LogP contribution is 2.10. The summed E-state index contributed by atoms with van der Waals surface area (Å²) in [5.74, 6) is 5.35. The van der Waals surface area contributed by atoms with Gasteiger partial charge in [0.1, 0.15) is 6.29 Å². The zero-order valence-corrected chi connectivity index (χ0v) is 7.10. The summed E-state index contributed by atoms with van der Waals surface area (Å²) < 4.78 is 0. The van der Waals surface area contributed by atoms with E-state index in [1.54, 1.807) is 6.20 Å². The highest BCUT2D eigenvalue weighted by atomic mass is 32.1. The molecule has 1 aromatic heterocycles. The van der Waals surface area contributed by atoms with Crippen LogP contribution in [0.4, 0.5) is 0 Å². The fourth-order valence-corrected chi connectivity index (χ4v) is 1.25. The van der Waals surface area contributed by atoms with Gasteiger partial charge in [0.05, 0.1) is 17.9 Å². The fourth-order valence-electron chi connectivity index (χ4n) is 0.607. The quantitative estimate of drug-likeness (QED) is 0.536. The number of aromatic nitrogens is 1. The van der Waals surface area contributed by atoms with Crippen LogP contribution >= 0.6 is 11.3 Å². The zero-order valence-electron chi connectivity index (χ0n) is 6.28. The molecule has 0 atom stereocenters. The molecular formula is C8H7NO2S. The van der Waals surface area contributed by atoms with E-state index in [0.717, 1.165) is 11.2 Å². The van der Waals surface area contributed by atoms with Crippen LogP contribution in [0.1, 0.15) is 16.3 Å². The third-order valence-electron chi connectivity index (χ3n) is 1.09. The van der Waals surface area contributed by atoms with Crippen LogP contribution in [0.2, 0.25) is 0 Å². The van der Waals surface area contributed by atoms with Gasteiger partial charge in [-0.1, -0.05) is 5.92 Å². The van der Waals surface area contributed by atoms with E-state index in [0.29, 0.717) is 5.01 Å². The van der Waals surface area contributed by atoms with Crippen LogP contribution in [0.5, 0.6) is 0 Å².